The highest BCUT2D eigenvalue weighted by Crippen LogP contribution is 2.55. The lowest BCUT2D eigenvalue weighted by atomic mass is 9.72. The molecule has 4 aliphatic heterocycles. The summed E-state index contributed by atoms with van der Waals surface area (Å²) in [6.45, 7) is 9.92. The Labute approximate surface area is 560 Å². The molecule has 95 heavy (non-hydrogen) atoms. The number of nitrogens with zero attached hydrogens (tertiary/aromatic N) is 4. The first-order chi connectivity index (χ1) is 46.2. The summed E-state index contributed by atoms with van der Waals surface area (Å²) in [7, 11) is 9.15. The molecule has 0 N–H and O–H groups in total. The Balaban J connectivity index is 0.818. The van der Waals surface area contributed by atoms with Crippen molar-refractivity contribution >= 4 is 77.3 Å². The normalized spacial score (nSPS) is 21.5. The molecule has 16 rings (SSSR count). The van der Waals surface area contributed by atoms with Crippen LogP contribution in [0.5, 0.6) is 0 Å². The molecular formula is C91H82N4+2. The van der Waals surface area contributed by atoms with Gasteiger partial charge in [0.1, 0.15) is 14.1 Å². The van der Waals surface area contributed by atoms with Crippen LogP contribution >= 0.6 is 0 Å². The van der Waals surface area contributed by atoms with Gasteiger partial charge in [-0.05, 0) is 172 Å². The lowest BCUT2D eigenvalue weighted by molar-refractivity contribution is -0.401. The molecule has 0 spiro atoms. The topological polar surface area (TPSA) is 12.5 Å². The first kappa shape index (κ1) is 59.6. The van der Waals surface area contributed by atoms with Crippen molar-refractivity contribution in [3.8, 4) is 0 Å². The van der Waals surface area contributed by atoms with E-state index in [0.717, 1.165) is 32.1 Å². The molecule has 0 amide bonds. The van der Waals surface area contributed by atoms with E-state index < -0.39 is 0 Å². The molecule has 4 aliphatic rings. The molecule has 0 radical (unpaired) electrons. The standard InChI is InChI=1S/C91H82N4/c1-88(58-62-31-13-9-14-32-62)80(92(5)76-53-51-66-39-21-23-43-72(66)84(76)88)47-29-49-82-90(3,60-64-35-17-11-18-36-64)86-74-45-27-25-41-70(74)68(56-78(86)94(82)7)55-69-57-79-87(75-46-28-26-42-71(69)75)91(4,61-65-37-19-12-20-38-65)83(95(79)8)50-30-48-81-89(2,59-63-33-15-10-16-34-63)85-73-44-24-22-40-67(73)52-54-77(85)93(81)6/h9-54,56-57H,55,58-61H2,1-8H3/q+2. The summed E-state index contributed by atoms with van der Waals surface area (Å²) in [5, 5.41) is 10.4. The maximum Gasteiger partial charge on any atom is 0.210 e. The zero-order chi connectivity index (χ0) is 64.8. The third-order valence-corrected chi connectivity index (χ3v) is 22.4. The fraction of sp³-hybridized carbons (Fsp3) is 0.187. The zero-order valence-corrected chi connectivity index (χ0v) is 56.0. The van der Waals surface area contributed by atoms with E-state index in [4.69, 9.17) is 0 Å². The predicted octanol–water partition coefficient (Wildman–Crippen LogP) is 20.5. The maximum atomic E-state index is 2.55. The van der Waals surface area contributed by atoms with E-state index in [1.807, 2.05) is 0 Å². The second-order valence-corrected chi connectivity index (χ2v) is 28.3. The second kappa shape index (κ2) is 23.2. The van der Waals surface area contributed by atoms with Crippen molar-refractivity contribution in [2.75, 3.05) is 38.0 Å². The fourth-order valence-corrected chi connectivity index (χ4v) is 18.2. The Morgan fingerprint density at radius 1 is 0.326 bits per heavy atom. The number of rotatable bonds is 14. The Morgan fingerprint density at radius 2 is 0.632 bits per heavy atom. The number of hydrogen-bond donors (Lipinski definition) is 0. The van der Waals surface area contributed by atoms with E-state index in [1.54, 1.807) is 0 Å². The molecule has 4 heteroatoms. The predicted molar refractivity (Wildman–Crippen MR) is 402 cm³/mol. The minimum absolute atomic E-state index is 0.280. The molecule has 0 fully saturated rings. The van der Waals surface area contributed by atoms with Gasteiger partial charge in [-0.1, -0.05) is 243 Å². The van der Waals surface area contributed by atoms with Crippen LogP contribution in [-0.4, -0.2) is 48.8 Å². The number of likely N-dealkylation sites (N-methyl/N-ethyl adjacent to an activating group) is 2. The van der Waals surface area contributed by atoms with Gasteiger partial charge in [0.2, 0.25) is 11.4 Å². The van der Waals surface area contributed by atoms with Crippen molar-refractivity contribution in [1.29, 1.82) is 0 Å². The molecule has 4 nitrogen and oxygen atoms in total. The third-order valence-electron chi connectivity index (χ3n) is 22.4. The van der Waals surface area contributed by atoms with Crippen molar-refractivity contribution in [2.45, 2.75) is 81.5 Å². The van der Waals surface area contributed by atoms with E-state index in [2.05, 4.69) is 366 Å². The smallest absolute Gasteiger partial charge is 0.210 e. The average molecular weight is 1230 g/mol. The molecule has 4 heterocycles. The van der Waals surface area contributed by atoms with E-state index >= 15 is 0 Å². The minimum atomic E-state index is -0.361. The monoisotopic (exact) mass is 1230 g/mol. The van der Waals surface area contributed by atoms with Gasteiger partial charge in [0.15, 0.2) is 11.4 Å². The molecule has 12 aromatic rings. The molecule has 4 atom stereocenters. The average Bonchev–Trinajstić information content (AvgIpc) is 1.59. The summed E-state index contributed by atoms with van der Waals surface area (Å²) in [5.74, 6) is 0. The number of allylic oxidation sites excluding steroid dienone is 8. The molecule has 0 saturated heterocycles. The second-order valence-electron chi connectivity index (χ2n) is 28.3. The van der Waals surface area contributed by atoms with Crippen LogP contribution in [0.1, 0.15) is 83.3 Å². The third kappa shape index (κ3) is 9.69. The summed E-state index contributed by atoms with van der Waals surface area (Å²) >= 11 is 0. The van der Waals surface area contributed by atoms with E-state index in [9.17, 15) is 0 Å². The highest BCUT2D eigenvalue weighted by Gasteiger charge is 2.51. The van der Waals surface area contributed by atoms with Gasteiger partial charge in [0.25, 0.3) is 0 Å². The van der Waals surface area contributed by atoms with Crippen LogP contribution in [0.4, 0.5) is 22.7 Å². The van der Waals surface area contributed by atoms with Crippen LogP contribution in [0.25, 0.3) is 43.1 Å². The summed E-state index contributed by atoms with van der Waals surface area (Å²) in [6, 6.07) is 95.2. The summed E-state index contributed by atoms with van der Waals surface area (Å²) in [5.41, 5.74) is 22.5. The summed E-state index contributed by atoms with van der Waals surface area (Å²) in [6.07, 6.45) is 18.7. The van der Waals surface area contributed by atoms with E-state index in [0.29, 0.717) is 0 Å². The molecule has 0 aromatic heterocycles. The van der Waals surface area contributed by atoms with Crippen LogP contribution in [0, 0.1) is 0 Å². The Bertz CT molecular complexity index is 4930. The first-order valence-electron chi connectivity index (χ1n) is 34.0. The van der Waals surface area contributed by atoms with Gasteiger partial charge in [-0.25, -0.2) is 0 Å². The van der Waals surface area contributed by atoms with Crippen molar-refractivity contribution in [3.05, 3.63) is 358 Å². The summed E-state index contributed by atoms with van der Waals surface area (Å²) in [4.78, 5) is 4.90. The number of hydrogen-bond acceptors (Lipinski definition) is 2. The van der Waals surface area contributed by atoms with Crippen LogP contribution in [0.15, 0.2) is 303 Å². The lowest BCUT2D eigenvalue weighted by Gasteiger charge is -2.29. The molecular weight excluding hydrogens is 1150 g/mol. The molecule has 464 valence electrons. The summed E-state index contributed by atoms with van der Waals surface area (Å²) < 4.78 is 5.04. The van der Waals surface area contributed by atoms with Gasteiger partial charge in [-0.15, -0.1) is 0 Å². The lowest BCUT2D eigenvalue weighted by Crippen LogP contribution is -2.33. The molecule has 0 saturated carbocycles. The van der Waals surface area contributed by atoms with Crippen molar-refractivity contribution in [2.24, 2.45) is 0 Å². The van der Waals surface area contributed by atoms with Gasteiger partial charge in [-0.2, -0.15) is 9.15 Å². The SMILES string of the molecule is CN1/C(=C/C=C/C2=[N+](C)c3cc(Cc4cc5c(c6ccccc46)C(C)(Cc4ccccc4)C(/C=C/C=C4/N(C)c6ccc7ccccc7c6C4(C)Cc4ccccc4)=[N+]5C)c4ccccc4c3C2(C)Cc2ccccc2)C(C)(Cc2ccccc2)c2c1ccc1ccccc21. The van der Waals surface area contributed by atoms with Crippen LogP contribution in [0.2, 0.25) is 0 Å². The highest BCUT2D eigenvalue weighted by atomic mass is 15.2. The van der Waals surface area contributed by atoms with Crippen molar-refractivity contribution in [3.63, 3.8) is 0 Å². The highest BCUT2D eigenvalue weighted by molar-refractivity contribution is 6.11. The fourth-order valence-electron chi connectivity index (χ4n) is 18.2. The Kier molecular flexibility index (Phi) is 14.6. The number of benzene rings is 12. The molecule has 4 unspecified atom stereocenters. The molecule has 0 bridgehead atoms. The van der Waals surface area contributed by atoms with Gasteiger partial charge in [-0.3, -0.25) is 0 Å². The van der Waals surface area contributed by atoms with Crippen LogP contribution < -0.4 is 9.80 Å². The van der Waals surface area contributed by atoms with E-state index in [1.165, 1.54) is 144 Å². The first-order valence-corrected chi connectivity index (χ1v) is 34.0. The zero-order valence-electron chi connectivity index (χ0n) is 56.0. The van der Waals surface area contributed by atoms with Gasteiger partial charge >= 0.3 is 0 Å². The number of anilines is 2. The van der Waals surface area contributed by atoms with E-state index in [-0.39, 0.29) is 21.7 Å². The Hall–Kier alpha value is -10.4. The number of fused-ring (bicyclic) bond motifs is 12. The van der Waals surface area contributed by atoms with Gasteiger partial charge < -0.3 is 9.80 Å². The Morgan fingerprint density at radius 3 is 0.989 bits per heavy atom. The van der Waals surface area contributed by atoms with Gasteiger partial charge in [0.05, 0.1) is 10.8 Å². The molecule has 0 aliphatic carbocycles. The quantitative estimate of drug-likeness (QED) is 0.101. The maximum absolute atomic E-state index is 2.55. The van der Waals surface area contributed by atoms with Crippen LogP contribution in [-0.2, 0) is 53.8 Å². The minimum Gasteiger partial charge on any atom is -0.347 e. The largest absolute Gasteiger partial charge is 0.347 e. The van der Waals surface area contributed by atoms with Crippen molar-refractivity contribution in [1.82, 2.24) is 0 Å². The van der Waals surface area contributed by atoms with Gasteiger partial charge in [0, 0.05) is 83.1 Å². The van der Waals surface area contributed by atoms with Crippen molar-refractivity contribution < 1.29 is 9.15 Å². The molecule has 12 aromatic carbocycles. The van der Waals surface area contributed by atoms with Crippen LogP contribution in [0.3, 0.4) is 0 Å².